The van der Waals surface area contributed by atoms with Gasteiger partial charge in [0.15, 0.2) is 6.29 Å². The average molecular weight is 319 g/mol. The third-order valence-corrected chi connectivity index (χ3v) is 4.00. The third-order valence-electron chi connectivity index (χ3n) is 4.00. The minimum atomic E-state index is -0.870. The van der Waals surface area contributed by atoms with Crippen molar-refractivity contribution in [2.24, 2.45) is 0 Å². The molecule has 1 rings (SSSR count). The van der Waals surface area contributed by atoms with Crippen molar-refractivity contribution in [2.45, 2.75) is 70.7 Å². The monoisotopic (exact) mass is 319 g/mol. The van der Waals surface area contributed by atoms with E-state index in [9.17, 15) is 14.7 Å². The standard InChI is InChI=1S/C9H19NO2.C6H10O4/c1-8(2)6-12-7(11)9(3,4)10(8)5;7-5(8)3-1-2-4-6(9)10/h7,11H,6H2,1-5H3;1-4H2,(H,7,8)(H,9,10). The van der Waals surface area contributed by atoms with E-state index in [1.807, 2.05) is 20.9 Å². The van der Waals surface area contributed by atoms with Crippen LogP contribution in [0.1, 0.15) is 53.4 Å². The topological polar surface area (TPSA) is 107 Å². The lowest BCUT2D eigenvalue weighted by Crippen LogP contribution is -2.65. The van der Waals surface area contributed by atoms with Gasteiger partial charge in [0.2, 0.25) is 0 Å². The Balaban J connectivity index is 0.000000409. The van der Waals surface area contributed by atoms with E-state index in [4.69, 9.17) is 14.9 Å². The number of aliphatic hydroxyl groups is 1. The van der Waals surface area contributed by atoms with Crippen LogP contribution in [0.25, 0.3) is 0 Å². The Hall–Kier alpha value is -1.18. The molecule has 1 aliphatic rings. The van der Waals surface area contributed by atoms with Crippen LogP contribution in [0.3, 0.4) is 0 Å². The van der Waals surface area contributed by atoms with Gasteiger partial charge in [0.1, 0.15) is 0 Å². The Labute approximate surface area is 131 Å². The highest BCUT2D eigenvalue weighted by Crippen LogP contribution is 2.31. The van der Waals surface area contributed by atoms with E-state index in [-0.39, 0.29) is 23.9 Å². The number of nitrogens with zero attached hydrogens (tertiary/aromatic N) is 1. The molecule has 7 nitrogen and oxygen atoms in total. The lowest BCUT2D eigenvalue weighted by Gasteiger charge is -2.52. The fourth-order valence-electron chi connectivity index (χ4n) is 2.08. The summed E-state index contributed by atoms with van der Waals surface area (Å²) in [6.45, 7) is 8.77. The van der Waals surface area contributed by atoms with Crippen LogP contribution in [0.5, 0.6) is 0 Å². The van der Waals surface area contributed by atoms with E-state index in [0.717, 1.165) is 0 Å². The summed E-state index contributed by atoms with van der Waals surface area (Å²) in [4.78, 5) is 22.0. The molecule has 0 aromatic carbocycles. The summed E-state index contributed by atoms with van der Waals surface area (Å²) >= 11 is 0. The fourth-order valence-corrected chi connectivity index (χ4v) is 2.08. The van der Waals surface area contributed by atoms with Gasteiger partial charge in [0.05, 0.1) is 12.1 Å². The maximum Gasteiger partial charge on any atom is 0.303 e. The van der Waals surface area contributed by atoms with Crippen LogP contribution in [0.4, 0.5) is 0 Å². The first kappa shape index (κ1) is 20.8. The summed E-state index contributed by atoms with van der Waals surface area (Å²) < 4.78 is 5.29. The zero-order valence-corrected chi connectivity index (χ0v) is 14.1. The highest BCUT2D eigenvalue weighted by molar-refractivity contribution is 5.67. The minimum Gasteiger partial charge on any atom is -0.481 e. The number of aliphatic carboxylic acids is 2. The van der Waals surface area contributed by atoms with Crippen LogP contribution < -0.4 is 0 Å². The normalized spacial score (nSPS) is 23.3. The van der Waals surface area contributed by atoms with Gasteiger partial charge in [-0.2, -0.15) is 0 Å². The fraction of sp³-hybridized carbons (Fsp3) is 0.867. The second-order valence-corrected chi connectivity index (χ2v) is 6.68. The van der Waals surface area contributed by atoms with Crippen LogP contribution in [-0.4, -0.2) is 63.2 Å². The number of unbranched alkanes of at least 4 members (excludes halogenated alkanes) is 1. The van der Waals surface area contributed by atoms with Crippen LogP contribution in [0, 0.1) is 0 Å². The molecule has 22 heavy (non-hydrogen) atoms. The molecule has 1 fully saturated rings. The second kappa shape index (κ2) is 8.45. The smallest absolute Gasteiger partial charge is 0.303 e. The number of ether oxygens (including phenoxy) is 1. The molecule has 0 saturated carbocycles. The summed E-state index contributed by atoms with van der Waals surface area (Å²) in [5.74, 6) is -1.74. The number of carbonyl (C=O) groups is 2. The Bertz CT molecular complexity index is 364. The molecule has 7 heteroatoms. The molecule has 1 heterocycles. The lowest BCUT2D eigenvalue weighted by molar-refractivity contribution is -0.244. The van der Waals surface area contributed by atoms with Crippen LogP contribution in [-0.2, 0) is 14.3 Å². The number of morpholine rings is 1. The molecule has 0 radical (unpaired) electrons. The first-order valence-electron chi connectivity index (χ1n) is 7.38. The third kappa shape index (κ3) is 6.72. The zero-order valence-electron chi connectivity index (χ0n) is 14.1. The number of likely N-dealkylation sites (N-methyl/N-ethyl adjacent to an activating group) is 1. The van der Waals surface area contributed by atoms with Crippen molar-refractivity contribution in [1.82, 2.24) is 4.90 Å². The number of carboxylic acids is 2. The minimum absolute atomic E-state index is 0.00271. The van der Waals surface area contributed by atoms with E-state index < -0.39 is 18.2 Å². The van der Waals surface area contributed by atoms with Crippen LogP contribution >= 0.6 is 0 Å². The van der Waals surface area contributed by atoms with Crippen molar-refractivity contribution in [1.29, 1.82) is 0 Å². The Morgan fingerprint density at radius 1 is 1.09 bits per heavy atom. The summed E-state index contributed by atoms with van der Waals surface area (Å²) in [5, 5.41) is 25.8. The Kier molecular flexibility index (Phi) is 8.00. The van der Waals surface area contributed by atoms with Crippen molar-refractivity contribution < 1.29 is 29.6 Å². The van der Waals surface area contributed by atoms with E-state index in [1.54, 1.807) is 0 Å². The van der Waals surface area contributed by atoms with Gasteiger partial charge in [0, 0.05) is 18.4 Å². The average Bonchev–Trinajstić information content (AvgIpc) is 2.39. The molecular formula is C15H29NO6. The first-order valence-corrected chi connectivity index (χ1v) is 7.38. The molecule has 1 saturated heterocycles. The molecule has 0 aliphatic carbocycles. The summed E-state index contributed by atoms with van der Waals surface area (Å²) in [6, 6.07) is 0. The molecule has 1 aliphatic heterocycles. The van der Waals surface area contributed by atoms with E-state index >= 15 is 0 Å². The summed E-state index contributed by atoms with van der Waals surface area (Å²) in [5.41, 5.74) is -0.301. The van der Waals surface area contributed by atoms with Gasteiger partial charge in [-0.25, -0.2) is 0 Å². The maximum atomic E-state index is 9.90. The predicted octanol–water partition coefficient (Wildman–Crippen LogP) is 1.54. The molecule has 0 aromatic heterocycles. The molecular weight excluding hydrogens is 290 g/mol. The van der Waals surface area contributed by atoms with Crippen LogP contribution in [0.2, 0.25) is 0 Å². The Morgan fingerprint density at radius 2 is 1.50 bits per heavy atom. The quantitative estimate of drug-likeness (QED) is 0.660. The van der Waals surface area contributed by atoms with E-state index in [1.165, 1.54) is 0 Å². The number of aliphatic hydroxyl groups excluding tert-OH is 1. The van der Waals surface area contributed by atoms with Crippen LogP contribution in [0.15, 0.2) is 0 Å². The predicted molar refractivity (Wildman–Crippen MR) is 81.6 cm³/mol. The molecule has 0 aromatic rings. The van der Waals surface area contributed by atoms with Gasteiger partial charge in [-0.05, 0) is 47.6 Å². The van der Waals surface area contributed by atoms with E-state index in [0.29, 0.717) is 19.4 Å². The number of carboxylic acid groups (broad SMARTS) is 2. The molecule has 1 atom stereocenters. The zero-order chi connectivity index (χ0) is 17.6. The molecule has 0 spiro atoms. The second-order valence-electron chi connectivity index (χ2n) is 6.68. The number of hydrogen-bond acceptors (Lipinski definition) is 5. The van der Waals surface area contributed by atoms with Gasteiger partial charge < -0.3 is 20.1 Å². The molecule has 3 N–H and O–H groups in total. The van der Waals surface area contributed by atoms with Gasteiger partial charge in [-0.1, -0.05) is 0 Å². The van der Waals surface area contributed by atoms with E-state index in [2.05, 4.69) is 18.7 Å². The summed E-state index contributed by atoms with van der Waals surface area (Å²) in [6.07, 6.45) is 0.333. The lowest BCUT2D eigenvalue weighted by atomic mass is 9.91. The van der Waals surface area contributed by atoms with Crippen molar-refractivity contribution in [2.75, 3.05) is 13.7 Å². The molecule has 1 unspecified atom stereocenters. The maximum absolute atomic E-state index is 9.90. The number of rotatable bonds is 5. The highest BCUT2D eigenvalue weighted by atomic mass is 16.6. The van der Waals surface area contributed by atoms with Gasteiger partial charge in [0.25, 0.3) is 0 Å². The van der Waals surface area contributed by atoms with Crippen molar-refractivity contribution >= 4 is 11.9 Å². The van der Waals surface area contributed by atoms with Crippen molar-refractivity contribution in [3.05, 3.63) is 0 Å². The summed E-state index contributed by atoms with van der Waals surface area (Å²) in [7, 11) is 2.02. The van der Waals surface area contributed by atoms with Gasteiger partial charge in [-0.15, -0.1) is 0 Å². The van der Waals surface area contributed by atoms with Gasteiger partial charge >= 0.3 is 11.9 Å². The molecule has 130 valence electrons. The first-order chi connectivity index (χ1) is 9.91. The van der Waals surface area contributed by atoms with Gasteiger partial charge in [-0.3, -0.25) is 14.5 Å². The molecule has 0 bridgehead atoms. The number of hydrogen-bond donors (Lipinski definition) is 3. The molecule has 0 amide bonds. The van der Waals surface area contributed by atoms with Crippen molar-refractivity contribution in [3.8, 4) is 0 Å². The largest absolute Gasteiger partial charge is 0.481 e. The SMILES string of the molecule is CN1C(C)(C)COC(O)C1(C)C.O=C(O)CCCCC(=O)O. The highest BCUT2D eigenvalue weighted by Gasteiger charge is 2.45. The Morgan fingerprint density at radius 3 is 1.82 bits per heavy atom. The van der Waals surface area contributed by atoms with Crippen molar-refractivity contribution in [3.63, 3.8) is 0 Å².